The number of allylic oxidation sites excluding steroid dienone is 1. The van der Waals surface area contributed by atoms with Crippen molar-refractivity contribution >= 4 is 161 Å². The number of fused-ring (bicyclic) bond motifs is 3. The standard InChI is InChI=1S/C16H22O5.C9H12O5.C9H10O5.C9H19O4P.3Ar.I3.I2.HI/c1-2-3-4-5-11(18)6-7-12-13-8-16(19)21-15(13)9-14(12)20-10-17;2*10-3-6-5-1-9(12)14-8(5)2-7(6)13-4-11;1-4-5-6-7-9(10)8-14(11,12-2)13-3;;;;1-3-2;1-2;/h6-7,10,12-15H,2-5,8-9H2,1H3;4-8,10H,1-3H2;3-8H,1-2H2;4-8H2,1-3H3;;;;;;1H/q;;;;;;;-1;;/b7-6+;;;;;;;;;/t12-,13-,14-,15?;2*5-,6-,7-,8?;;;;;;;/m111......./s1. The van der Waals surface area contributed by atoms with Crippen molar-refractivity contribution in [3.63, 3.8) is 0 Å². The topological polar surface area (TPSA) is 265 Å². The minimum absolute atomic E-state index is 0. The largest absolute Gasteiger partial charge is 0.464 e. The van der Waals surface area contributed by atoms with Crippen LogP contribution in [0.5, 0.6) is 0 Å². The molecule has 19 nitrogen and oxygen atoms in total. The number of Topliss-reactive ketones (excluding diaryl/α,β-unsaturated/α-hetero) is 1. The Labute approximate surface area is 582 Å². The zero-order chi connectivity index (χ0) is 51.2. The molecule has 0 aromatic rings. The molecular formula is C43H64Ar3I6O19P-. The maximum absolute atomic E-state index is 11.8. The van der Waals surface area contributed by atoms with Crippen molar-refractivity contribution in [1.29, 1.82) is 0 Å². The summed E-state index contributed by atoms with van der Waals surface area (Å²) in [4.78, 5) is 98.1. The molecule has 0 spiro atoms. The minimum atomic E-state index is -3.14. The van der Waals surface area contributed by atoms with E-state index >= 15 is 0 Å². The van der Waals surface area contributed by atoms with Gasteiger partial charge >= 0.3 is 76.0 Å². The van der Waals surface area contributed by atoms with E-state index in [1.165, 1.54) is 14.2 Å². The Bertz CT molecular complexity index is 1690. The monoisotopic (exact) mass is 1800 g/mol. The van der Waals surface area contributed by atoms with E-state index in [-0.39, 0.29) is 246 Å². The number of hydrogen-bond acceptors (Lipinski definition) is 19. The number of ether oxygens (including phenoxy) is 6. The number of ketones is 2. The Morgan fingerprint density at radius 1 is 0.681 bits per heavy atom. The van der Waals surface area contributed by atoms with Gasteiger partial charge in [0.1, 0.15) is 54.9 Å². The summed E-state index contributed by atoms with van der Waals surface area (Å²) in [5.41, 5.74) is 0. The minimum Gasteiger partial charge on any atom is -0.464 e. The van der Waals surface area contributed by atoms with Gasteiger partial charge in [0.15, 0.2) is 5.78 Å². The van der Waals surface area contributed by atoms with Gasteiger partial charge in [-0.1, -0.05) is 45.6 Å². The second kappa shape index (κ2) is 48.4. The van der Waals surface area contributed by atoms with Crippen molar-refractivity contribution in [1.82, 2.24) is 0 Å². The SMILES string of the molecule is CCCCCC(=O)/C=C/[C@H]1[C@H](OC=O)CC2OC(=O)C[C@@H]21.CCCCCC(=O)CP(=O)(OC)OC.I.II.I[I-]I.O=CO[C@@H]1CC2OC(=O)C[C@@H]2[C@H]1C=O.O=CO[C@@H]1CC2OC(=O)C[C@@H]2[C@H]1CO.[Ar].[Ar].[Ar]. The fourth-order valence-electron chi connectivity index (χ4n) is 9.04. The maximum Gasteiger partial charge on any atom is 0.306 e. The zero-order valence-corrected chi connectivity index (χ0v) is 55.9. The average molecular weight is 1800 g/mol. The van der Waals surface area contributed by atoms with E-state index in [0.717, 1.165) is 44.8 Å². The van der Waals surface area contributed by atoms with Crippen LogP contribution in [0.15, 0.2) is 12.2 Å². The first kappa shape index (κ1) is 82.3. The second-order valence-corrected chi connectivity index (χ2v) is 34.8. The van der Waals surface area contributed by atoms with E-state index in [1.807, 2.05) is 0 Å². The van der Waals surface area contributed by atoms with E-state index in [2.05, 4.69) is 97.4 Å². The number of aliphatic hydroxyl groups excluding tert-OH is 1. The number of halogens is 6. The average Bonchev–Trinajstić information content (AvgIpc) is 4.15. The number of esters is 3. The summed E-state index contributed by atoms with van der Waals surface area (Å²) >= 11 is 9.54. The molecule has 72 heavy (non-hydrogen) atoms. The van der Waals surface area contributed by atoms with Gasteiger partial charge in [-0.3, -0.25) is 42.9 Å². The summed E-state index contributed by atoms with van der Waals surface area (Å²) < 4.78 is 50.9. The molecule has 0 amide bonds. The third kappa shape index (κ3) is 29.7. The molecule has 6 rings (SSSR count). The summed E-state index contributed by atoms with van der Waals surface area (Å²) in [5.74, 6) is -1.39. The molecule has 422 valence electrons. The maximum atomic E-state index is 11.8. The molecule has 0 aromatic heterocycles. The number of unbranched alkanes of at least 4 members (excludes halogenated alkanes) is 4. The smallest absolute Gasteiger partial charge is 0.306 e. The van der Waals surface area contributed by atoms with Crippen LogP contribution in [0.4, 0.5) is 0 Å². The Hall–Kier alpha value is 3.84. The molecule has 3 saturated heterocycles. The Morgan fingerprint density at radius 2 is 1.07 bits per heavy atom. The number of aliphatic hydroxyl groups is 1. The normalized spacial score (nSPS) is 27.4. The van der Waals surface area contributed by atoms with Crippen LogP contribution in [-0.2, 0) is 85.2 Å². The molecule has 6 aliphatic rings. The van der Waals surface area contributed by atoms with Gasteiger partial charge in [-0.15, -0.1) is 24.0 Å². The molecule has 29 heteroatoms. The Morgan fingerprint density at radius 3 is 1.49 bits per heavy atom. The van der Waals surface area contributed by atoms with Crippen molar-refractivity contribution in [2.45, 2.75) is 140 Å². The fraction of sp³-hybridized carbons (Fsp3) is 0.744. The van der Waals surface area contributed by atoms with Crippen LogP contribution >= 0.6 is 106 Å². The van der Waals surface area contributed by atoms with Crippen LogP contribution in [0.25, 0.3) is 0 Å². The van der Waals surface area contributed by atoms with Crippen molar-refractivity contribution in [3.05, 3.63) is 12.2 Å². The molecule has 12 atom stereocenters. The van der Waals surface area contributed by atoms with Gasteiger partial charge in [0.25, 0.3) is 19.4 Å². The number of carbonyl (C=O) groups excluding carboxylic acids is 9. The van der Waals surface area contributed by atoms with Crippen LogP contribution in [-0.4, -0.2) is 124 Å². The summed E-state index contributed by atoms with van der Waals surface area (Å²) in [7, 11) is -0.545. The molecule has 6 fully saturated rings. The quantitative estimate of drug-likeness (QED) is 0.0280. The molecule has 0 radical (unpaired) electrons. The molecular weight excluding hydrogens is 1730 g/mol. The summed E-state index contributed by atoms with van der Waals surface area (Å²) in [6.45, 7) is 5.24. The first-order chi connectivity index (χ1) is 32.7. The Balaban J connectivity index is -0.000000413. The van der Waals surface area contributed by atoms with E-state index in [1.54, 1.807) is 12.2 Å². The van der Waals surface area contributed by atoms with Gasteiger partial charge in [0.05, 0.1) is 25.2 Å². The molecule has 3 saturated carbocycles. The number of carbonyl (C=O) groups is 9. The van der Waals surface area contributed by atoms with E-state index in [0.29, 0.717) is 77.6 Å². The molecule has 0 bridgehead atoms. The van der Waals surface area contributed by atoms with Gasteiger partial charge in [-0.05, 0) is 18.9 Å². The second-order valence-electron chi connectivity index (χ2n) is 16.3. The third-order valence-corrected chi connectivity index (χ3v) is 14.2. The summed E-state index contributed by atoms with van der Waals surface area (Å²) in [6, 6.07) is 0. The van der Waals surface area contributed by atoms with Crippen molar-refractivity contribution in [3.8, 4) is 0 Å². The summed E-state index contributed by atoms with van der Waals surface area (Å²) in [6.07, 6.45) is 11.8. The van der Waals surface area contributed by atoms with Crippen LogP contribution in [0.2, 0.25) is 0 Å². The molecule has 3 aliphatic carbocycles. The number of rotatable bonds is 22. The van der Waals surface area contributed by atoms with E-state index in [4.69, 9.17) is 33.5 Å². The van der Waals surface area contributed by atoms with Gasteiger partial charge in [-0.25, -0.2) is 0 Å². The third-order valence-electron chi connectivity index (χ3n) is 12.3. The fourth-order valence-corrected chi connectivity index (χ4v) is 10.0. The van der Waals surface area contributed by atoms with Crippen LogP contribution in [0.3, 0.4) is 0 Å². The van der Waals surface area contributed by atoms with Gasteiger partial charge in [0, 0.05) is 233 Å². The summed E-state index contributed by atoms with van der Waals surface area (Å²) in [5, 5.41) is 9.13. The van der Waals surface area contributed by atoms with Crippen molar-refractivity contribution < 1.29 is 217 Å². The predicted molar refractivity (Wildman–Crippen MR) is 290 cm³/mol. The van der Waals surface area contributed by atoms with Gasteiger partial charge in [0.2, 0.25) is 0 Å². The van der Waals surface area contributed by atoms with Crippen molar-refractivity contribution in [2.75, 3.05) is 27.0 Å². The molecule has 3 aliphatic heterocycles. The number of hydrogen-bond donors (Lipinski definition) is 1. The molecule has 0 aromatic carbocycles. The van der Waals surface area contributed by atoms with Crippen molar-refractivity contribution in [2.24, 2.45) is 35.5 Å². The zero-order valence-electron chi connectivity index (χ0n) is 39.8. The first-order valence-electron chi connectivity index (χ1n) is 22.0. The van der Waals surface area contributed by atoms with Gasteiger partial charge < -0.3 is 47.4 Å². The van der Waals surface area contributed by atoms with Gasteiger partial charge in [-0.2, -0.15) is 0 Å². The molecule has 3 unspecified atom stereocenters. The first-order valence-corrected chi connectivity index (χ1v) is 42.6. The van der Waals surface area contributed by atoms with E-state index < -0.39 is 19.6 Å². The van der Waals surface area contributed by atoms with Crippen LogP contribution in [0, 0.1) is 149 Å². The molecule has 1 N–H and O–H groups in total. The number of aldehydes is 1. The van der Waals surface area contributed by atoms with E-state index in [9.17, 15) is 47.7 Å². The Kier molecular flexibility index (Phi) is 55.3. The molecule has 3 heterocycles. The predicted octanol–water partition coefficient (Wildman–Crippen LogP) is 5.12. The van der Waals surface area contributed by atoms with Crippen LogP contribution < -0.4 is 13.3 Å². The van der Waals surface area contributed by atoms with Crippen LogP contribution in [0.1, 0.15) is 104 Å².